The number of carbonyl (C=O) groups excluding carboxylic acids is 1. The smallest absolute Gasteiger partial charge is 0.235 e. The van der Waals surface area contributed by atoms with Crippen molar-refractivity contribution in [2.75, 3.05) is 14.2 Å². The van der Waals surface area contributed by atoms with E-state index in [2.05, 4.69) is 4.99 Å². The zero-order valence-electron chi connectivity index (χ0n) is 10.8. The highest BCUT2D eigenvalue weighted by atomic mass is 16.5. The zero-order valence-corrected chi connectivity index (χ0v) is 10.8. The summed E-state index contributed by atoms with van der Waals surface area (Å²) in [5.41, 5.74) is 1.04. The van der Waals surface area contributed by atoms with Crippen LogP contribution in [0.15, 0.2) is 17.1 Å². The first-order valence-electron chi connectivity index (χ1n) is 5.28. The molecule has 1 aromatic rings. The molecule has 4 heteroatoms. The van der Waals surface area contributed by atoms with Crippen molar-refractivity contribution in [2.45, 2.75) is 26.3 Å². The van der Waals surface area contributed by atoms with Crippen LogP contribution in [0.4, 0.5) is 0 Å². The van der Waals surface area contributed by atoms with Gasteiger partial charge < -0.3 is 9.47 Å². The molecule has 0 fully saturated rings. The third kappa shape index (κ3) is 2.66. The lowest BCUT2D eigenvalue weighted by molar-refractivity contribution is 0.363. The number of nitrogens with zero attached hydrogens (tertiary/aromatic N) is 1. The Morgan fingerprint density at radius 2 is 1.65 bits per heavy atom. The third-order valence-electron chi connectivity index (χ3n) is 2.59. The van der Waals surface area contributed by atoms with Gasteiger partial charge in [-0.3, -0.25) is 0 Å². The van der Waals surface area contributed by atoms with Crippen molar-refractivity contribution in [3.8, 4) is 11.5 Å². The van der Waals surface area contributed by atoms with Gasteiger partial charge in [-0.1, -0.05) is 0 Å². The third-order valence-corrected chi connectivity index (χ3v) is 2.59. The monoisotopic (exact) mass is 235 g/mol. The number of hydrogen-bond donors (Lipinski definition) is 0. The van der Waals surface area contributed by atoms with Crippen LogP contribution in [0.1, 0.15) is 25.0 Å². The molecule has 0 saturated carbocycles. The lowest BCUT2D eigenvalue weighted by Crippen LogP contribution is -2.16. The van der Waals surface area contributed by atoms with Crippen LogP contribution in [0.5, 0.6) is 11.5 Å². The molecule has 0 unspecified atom stereocenters. The highest BCUT2D eigenvalue weighted by molar-refractivity contribution is 5.53. The molecular formula is C13H17NO3. The first kappa shape index (κ1) is 13.3. The zero-order chi connectivity index (χ0) is 13.1. The maximum atomic E-state index is 10.5. The molecule has 0 atom stereocenters. The first-order chi connectivity index (χ1) is 7.96. The quantitative estimate of drug-likeness (QED) is 0.595. The summed E-state index contributed by atoms with van der Waals surface area (Å²) in [5, 5.41) is 0. The standard InChI is InChI=1S/C13H17NO3/c1-9-6-10(16-4)12(11(7-9)17-5)13(2,3)14-8-15/h6-7H,1-5H3. The highest BCUT2D eigenvalue weighted by Gasteiger charge is 2.28. The fourth-order valence-electron chi connectivity index (χ4n) is 1.82. The van der Waals surface area contributed by atoms with E-state index in [0.29, 0.717) is 11.5 Å². The molecule has 1 aromatic carbocycles. The Morgan fingerprint density at radius 3 is 2.00 bits per heavy atom. The Balaban J connectivity index is 3.53. The second kappa shape index (κ2) is 5.02. The second-order valence-corrected chi connectivity index (χ2v) is 4.31. The van der Waals surface area contributed by atoms with Crippen molar-refractivity contribution in [1.82, 2.24) is 0 Å². The molecule has 0 N–H and O–H groups in total. The van der Waals surface area contributed by atoms with Gasteiger partial charge in [0, 0.05) is 0 Å². The highest BCUT2D eigenvalue weighted by Crippen LogP contribution is 2.40. The van der Waals surface area contributed by atoms with Crippen LogP contribution < -0.4 is 9.47 Å². The van der Waals surface area contributed by atoms with Gasteiger partial charge >= 0.3 is 0 Å². The van der Waals surface area contributed by atoms with E-state index < -0.39 is 5.54 Å². The molecule has 92 valence electrons. The number of aliphatic imine (C=N–C) groups is 1. The van der Waals surface area contributed by atoms with Crippen LogP contribution in [0.25, 0.3) is 0 Å². The maximum absolute atomic E-state index is 10.5. The van der Waals surface area contributed by atoms with E-state index in [-0.39, 0.29) is 0 Å². The molecule has 17 heavy (non-hydrogen) atoms. The van der Waals surface area contributed by atoms with Crippen molar-refractivity contribution in [2.24, 2.45) is 4.99 Å². The average molecular weight is 235 g/mol. The van der Waals surface area contributed by atoms with Gasteiger partial charge in [0.05, 0.1) is 25.3 Å². The largest absolute Gasteiger partial charge is 0.496 e. The molecule has 0 aliphatic heterocycles. The van der Waals surface area contributed by atoms with Gasteiger partial charge in [-0.2, -0.15) is 4.99 Å². The van der Waals surface area contributed by atoms with Crippen LogP contribution in [0, 0.1) is 6.92 Å². The van der Waals surface area contributed by atoms with Crippen LogP contribution in [-0.4, -0.2) is 20.3 Å². The van der Waals surface area contributed by atoms with E-state index in [9.17, 15) is 4.79 Å². The van der Waals surface area contributed by atoms with Gasteiger partial charge in [0.25, 0.3) is 0 Å². The van der Waals surface area contributed by atoms with Crippen LogP contribution >= 0.6 is 0 Å². The number of hydrogen-bond acceptors (Lipinski definition) is 4. The Hall–Kier alpha value is -1.80. The first-order valence-corrected chi connectivity index (χ1v) is 5.28. The molecular weight excluding hydrogens is 218 g/mol. The van der Waals surface area contributed by atoms with Gasteiger partial charge in [-0.15, -0.1) is 0 Å². The van der Waals surface area contributed by atoms with Crippen molar-refractivity contribution >= 4 is 6.08 Å². The Bertz CT molecular complexity index is 435. The summed E-state index contributed by atoms with van der Waals surface area (Å²) in [6.07, 6.45) is 1.59. The maximum Gasteiger partial charge on any atom is 0.235 e. The normalized spacial score (nSPS) is 10.6. The van der Waals surface area contributed by atoms with Gasteiger partial charge in [0.1, 0.15) is 11.5 Å². The molecule has 0 spiro atoms. The lowest BCUT2D eigenvalue weighted by atomic mass is 9.92. The van der Waals surface area contributed by atoms with E-state index in [4.69, 9.17) is 9.47 Å². The minimum Gasteiger partial charge on any atom is -0.496 e. The Kier molecular flexibility index (Phi) is 3.92. The van der Waals surface area contributed by atoms with E-state index >= 15 is 0 Å². The van der Waals surface area contributed by atoms with E-state index in [1.54, 1.807) is 20.3 Å². The number of ether oxygens (including phenoxy) is 2. The van der Waals surface area contributed by atoms with E-state index in [1.165, 1.54) is 0 Å². The molecule has 0 aliphatic carbocycles. The molecule has 0 amide bonds. The van der Waals surface area contributed by atoms with Crippen molar-refractivity contribution < 1.29 is 14.3 Å². The number of rotatable bonds is 4. The molecule has 1 rings (SSSR count). The fraction of sp³-hybridized carbons (Fsp3) is 0.462. The molecule has 0 aliphatic rings. The summed E-state index contributed by atoms with van der Waals surface area (Å²) in [6, 6.07) is 3.78. The molecule has 0 bridgehead atoms. The van der Waals surface area contributed by atoms with Gasteiger partial charge in [0.15, 0.2) is 0 Å². The summed E-state index contributed by atoms with van der Waals surface area (Å²) in [4.78, 5) is 14.3. The fourth-order valence-corrected chi connectivity index (χ4v) is 1.82. The Labute approximate surface area is 101 Å². The summed E-state index contributed by atoms with van der Waals surface area (Å²) >= 11 is 0. The summed E-state index contributed by atoms with van der Waals surface area (Å²) < 4.78 is 10.7. The Morgan fingerprint density at radius 1 is 1.18 bits per heavy atom. The number of isocyanates is 1. The predicted octanol–water partition coefficient (Wildman–Crippen LogP) is 2.58. The average Bonchev–Trinajstić information content (AvgIpc) is 2.27. The van der Waals surface area contributed by atoms with Crippen LogP contribution in [0.3, 0.4) is 0 Å². The minimum atomic E-state index is -0.730. The minimum absolute atomic E-state index is 0.658. The summed E-state index contributed by atoms with van der Waals surface area (Å²) in [5.74, 6) is 1.32. The summed E-state index contributed by atoms with van der Waals surface area (Å²) in [6.45, 7) is 5.58. The van der Waals surface area contributed by atoms with Crippen LogP contribution in [-0.2, 0) is 10.3 Å². The SMILES string of the molecule is COc1cc(C)cc(OC)c1C(C)(C)N=C=O. The van der Waals surface area contributed by atoms with Crippen molar-refractivity contribution in [1.29, 1.82) is 0 Å². The van der Waals surface area contributed by atoms with E-state index in [1.807, 2.05) is 32.9 Å². The molecule has 4 nitrogen and oxygen atoms in total. The number of aryl methyl sites for hydroxylation is 1. The second-order valence-electron chi connectivity index (χ2n) is 4.31. The molecule has 0 saturated heterocycles. The molecule has 0 radical (unpaired) electrons. The topological polar surface area (TPSA) is 47.9 Å². The summed E-state index contributed by atoms with van der Waals surface area (Å²) in [7, 11) is 3.16. The number of benzene rings is 1. The predicted molar refractivity (Wildman–Crippen MR) is 65.4 cm³/mol. The van der Waals surface area contributed by atoms with Gasteiger partial charge in [0.2, 0.25) is 6.08 Å². The van der Waals surface area contributed by atoms with E-state index in [0.717, 1.165) is 11.1 Å². The molecule has 0 aromatic heterocycles. The van der Waals surface area contributed by atoms with Gasteiger partial charge in [-0.05, 0) is 38.5 Å². The van der Waals surface area contributed by atoms with Crippen LogP contribution in [0.2, 0.25) is 0 Å². The number of methoxy groups -OCH3 is 2. The van der Waals surface area contributed by atoms with Crippen molar-refractivity contribution in [3.05, 3.63) is 23.3 Å². The van der Waals surface area contributed by atoms with Gasteiger partial charge in [-0.25, -0.2) is 4.79 Å². The van der Waals surface area contributed by atoms with Crippen molar-refractivity contribution in [3.63, 3.8) is 0 Å². The molecule has 0 heterocycles. The lowest BCUT2D eigenvalue weighted by Gasteiger charge is -2.24.